The van der Waals surface area contributed by atoms with Gasteiger partial charge in [0.25, 0.3) is 11.8 Å². The van der Waals surface area contributed by atoms with Gasteiger partial charge in [-0.15, -0.1) is 0 Å². The van der Waals surface area contributed by atoms with E-state index in [1.807, 2.05) is 30.3 Å². The number of ketones is 1. The van der Waals surface area contributed by atoms with Gasteiger partial charge < -0.3 is 4.74 Å². The summed E-state index contributed by atoms with van der Waals surface area (Å²) in [4.78, 5) is 63.7. The largest absolute Gasteiger partial charge is 0.454 e. The first-order valence-corrected chi connectivity index (χ1v) is 12.2. The molecule has 1 saturated heterocycles. The number of benzene rings is 4. The number of hydrogen-bond acceptors (Lipinski definition) is 7. The second-order valence-corrected chi connectivity index (χ2v) is 8.90. The molecular weight excluding hydrogens is 498 g/mol. The van der Waals surface area contributed by atoms with Crippen LogP contribution < -0.4 is 15.8 Å². The first-order valence-electron chi connectivity index (χ1n) is 12.2. The minimum Gasteiger partial charge on any atom is -0.454 e. The summed E-state index contributed by atoms with van der Waals surface area (Å²) in [6, 6.07) is 26.1. The Kier molecular flexibility index (Phi) is 7.24. The fourth-order valence-electron chi connectivity index (χ4n) is 4.24. The van der Waals surface area contributed by atoms with E-state index in [9.17, 15) is 24.0 Å². The average Bonchev–Trinajstić information content (AvgIpc) is 3.26. The third kappa shape index (κ3) is 5.58. The number of fused-ring (bicyclic) bond motifs is 1. The summed E-state index contributed by atoms with van der Waals surface area (Å²) >= 11 is 0. The molecule has 9 nitrogen and oxygen atoms in total. The molecule has 4 aromatic rings. The number of carbonyl (C=O) groups is 5. The number of nitrogens with one attached hydrogen (secondary N) is 2. The molecule has 9 heteroatoms. The summed E-state index contributed by atoms with van der Waals surface area (Å²) in [6.07, 6.45) is -0.151. The van der Waals surface area contributed by atoms with Crippen LogP contribution in [0.2, 0.25) is 0 Å². The van der Waals surface area contributed by atoms with Gasteiger partial charge >= 0.3 is 5.97 Å². The molecule has 2 N–H and O–H groups in total. The van der Waals surface area contributed by atoms with Crippen molar-refractivity contribution in [3.05, 3.63) is 114 Å². The number of rotatable bonds is 8. The van der Waals surface area contributed by atoms with E-state index in [-0.39, 0.29) is 23.5 Å². The van der Waals surface area contributed by atoms with Crippen molar-refractivity contribution in [2.24, 2.45) is 0 Å². The van der Waals surface area contributed by atoms with Crippen molar-refractivity contribution in [1.82, 2.24) is 10.9 Å². The Bertz CT molecular complexity index is 1580. The van der Waals surface area contributed by atoms with Crippen molar-refractivity contribution in [2.75, 3.05) is 11.5 Å². The predicted octanol–water partition coefficient (Wildman–Crippen LogP) is 3.45. The lowest BCUT2D eigenvalue weighted by molar-refractivity contribution is -0.121. The topological polar surface area (TPSA) is 122 Å². The van der Waals surface area contributed by atoms with E-state index >= 15 is 0 Å². The second kappa shape index (κ2) is 11.1. The minimum atomic E-state index is -0.949. The number of nitrogens with zero attached hydrogens (tertiary/aromatic N) is 1. The lowest BCUT2D eigenvalue weighted by atomic mass is 10.1. The molecule has 1 atom stereocenters. The number of esters is 1. The van der Waals surface area contributed by atoms with E-state index in [1.54, 1.807) is 42.5 Å². The van der Waals surface area contributed by atoms with Crippen molar-refractivity contribution in [2.45, 2.75) is 12.5 Å². The van der Waals surface area contributed by atoms with Crippen molar-refractivity contribution >= 4 is 45.9 Å². The van der Waals surface area contributed by atoms with Crippen LogP contribution in [0.25, 0.3) is 10.8 Å². The van der Waals surface area contributed by atoms with Gasteiger partial charge in [0, 0.05) is 11.1 Å². The molecule has 1 heterocycles. The molecule has 194 valence electrons. The lowest BCUT2D eigenvalue weighted by Crippen LogP contribution is -2.48. The van der Waals surface area contributed by atoms with Crippen LogP contribution in [0.3, 0.4) is 0 Å². The van der Waals surface area contributed by atoms with Crippen LogP contribution in [-0.2, 0) is 14.3 Å². The van der Waals surface area contributed by atoms with Gasteiger partial charge in [-0.05, 0) is 47.2 Å². The fraction of sp³-hybridized carbons (Fsp3) is 0.100. The van der Waals surface area contributed by atoms with E-state index < -0.39 is 36.3 Å². The van der Waals surface area contributed by atoms with Crippen molar-refractivity contribution < 1.29 is 28.7 Å². The number of ether oxygens (including phenoxy) is 1. The summed E-state index contributed by atoms with van der Waals surface area (Å²) in [7, 11) is 0. The molecule has 1 unspecified atom stereocenters. The number of Topliss-reactive ketones (excluding diaryl/α,β-unsaturated/α-hetero) is 1. The van der Waals surface area contributed by atoms with Gasteiger partial charge in [-0.1, -0.05) is 60.7 Å². The molecule has 0 saturated carbocycles. The molecule has 0 aromatic heterocycles. The summed E-state index contributed by atoms with van der Waals surface area (Å²) < 4.78 is 5.10. The van der Waals surface area contributed by atoms with Gasteiger partial charge in [-0.25, -0.2) is 15.1 Å². The number of imide groups is 1. The van der Waals surface area contributed by atoms with Crippen LogP contribution in [0.15, 0.2) is 97.1 Å². The van der Waals surface area contributed by atoms with Crippen molar-refractivity contribution in [1.29, 1.82) is 0 Å². The Balaban J connectivity index is 1.17. The van der Waals surface area contributed by atoms with E-state index in [0.29, 0.717) is 11.1 Å². The Morgan fingerprint density at radius 3 is 2.18 bits per heavy atom. The quantitative estimate of drug-likeness (QED) is 0.158. The molecule has 0 radical (unpaired) electrons. The predicted molar refractivity (Wildman–Crippen MR) is 143 cm³/mol. The molecule has 0 bridgehead atoms. The zero-order valence-electron chi connectivity index (χ0n) is 20.6. The van der Waals surface area contributed by atoms with Crippen LogP contribution in [0.4, 0.5) is 5.69 Å². The first-order chi connectivity index (χ1) is 18.9. The number of anilines is 1. The molecule has 0 spiro atoms. The maximum absolute atomic E-state index is 12.9. The van der Waals surface area contributed by atoms with E-state index in [0.717, 1.165) is 15.7 Å². The molecule has 0 aliphatic carbocycles. The van der Waals surface area contributed by atoms with Gasteiger partial charge in [0.15, 0.2) is 12.4 Å². The van der Waals surface area contributed by atoms with Crippen LogP contribution >= 0.6 is 0 Å². The normalized spacial score (nSPS) is 14.9. The molecule has 3 amide bonds. The summed E-state index contributed by atoms with van der Waals surface area (Å²) in [5, 5.41) is 1.90. The lowest BCUT2D eigenvalue weighted by Gasteiger charge is -2.16. The Morgan fingerprint density at radius 1 is 0.769 bits per heavy atom. The molecule has 1 aliphatic rings. The standard InChI is InChI=1S/C30H23N3O6/c34-26(20-7-2-1-3-8-20)18-39-30(38)21-12-14-24(15-13-21)33-27(35)17-25(29(33)37)31-32-28(36)23-11-10-19-6-4-5-9-22(19)16-23/h1-16,25,31H,17-18H2,(H,32,36). The van der Waals surface area contributed by atoms with E-state index in [1.165, 1.54) is 24.3 Å². The molecular formula is C30H23N3O6. The highest BCUT2D eigenvalue weighted by Crippen LogP contribution is 2.23. The van der Waals surface area contributed by atoms with Gasteiger partial charge in [0.2, 0.25) is 5.91 Å². The highest BCUT2D eigenvalue weighted by molar-refractivity contribution is 6.22. The molecule has 4 aromatic carbocycles. The second-order valence-electron chi connectivity index (χ2n) is 8.90. The zero-order valence-corrected chi connectivity index (χ0v) is 20.6. The first kappa shape index (κ1) is 25.5. The Labute approximate surface area is 223 Å². The third-order valence-corrected chi connectivity index (χ3v) is 6.31. The van der Waals surface area contributed by atoms with Crippen molar-refractivity contribution in [3.63, 3.8) is 0 Å². The van der Waals surface area contributed by atoms with Crippen LogP contribution in [0.5, 0.6) is 0 Å². The monoisotopic (exact) mass is 521 g/mol. The molecule has 1 aliphatic heterocycles. The number of hydrazine groups is 1. The molecule has 1 fully saturated rings. The van der Waals surface area contributed by atoms with Gasteiger partial charge in [-0.3, -0.25) is 24.6 Å². The van der Waals surface area contributed by atoms with Gasteiger partial charge in [0.05, 0.1) is 17.7 Å². The maximum Gasteiger partial charge on any atom is 0.338 e. The highest BCUT2D eigenvalue weighted by atomic mass is 16.5. The number of amides is 3. The van der Waals surface area contributed by atoms with E-state index in [2.05, 4.69) is 10.9 Å². The van der Waals surface area contributed by atoms with E-state index in [4.69, 9.17) is 4.74 Å². The van der Waals surface area contributed by atoms with Crippen molar-refractivity contribution in [3.8, 4) is 0 Å². The summed E-state index contributed by atoms with van der Waals surface area (Å²) in [5.74, 6) is -2.47. The molecule has 5 rings (SSSR count). The number of hydrogen-bond donors (Lipinski definition) is 2. The van der Waals surface area contributed by atoms with Crippen LogP contribution in [-0.4, -0.2) is 42.1 Å². The SMILES string of the molecule is O=C(COC(=O)c1ccc(N2C(=O)CC(NNC(=O)c3ccc4ccccc4c3)C2=O)cc1)c1ccccc1. The number of carbonyl (C=O) groups excluding carboxylic acids is 5. The average molecular weight is 522 g/mol. The van der Waals surface area contributed by atoms with Gasteiger partial charge in [-0.2, -0.15) is 0 Å². The Morgan fingerprint density at radius 2 is 1.44 bits per heavy atom. The minimum absolute atomic E-state index is 0.151. The summed E-state index contributed by atoms with van der Waals surface area (Å²) in [5.41, 5.74) is 6.44. The fourth-order valence-corrected chi connectivity index (χ4v) is 4.24. The zero-order chi connectivity index (χ0) is 27.4. The highest BCUT2D eigenvalue weighted by Gasteiger charge is 2.39. The van der Waals surface area contributed by atoms with Crippen LogP contribution in [0.1, 0.15) is 37.5 Å². The smallest absolute Gasteiger partial charge is 0.338 e. The Hall–Kier alpha value is -5.15. The van der Waals surface area contributed by atoms with Gasteiger partial charge in [0.1, 0.15) is 6.04 Å². The van der Waals surface area contributed by atoms with Crippen LogP contribution in [0, 0.1) is 0 Å². The third-order valence-electron chi connectivity index (χ3n) is 6.31. The maximum atomic E-state index is 12.9. The molecule has 39 heavy (non-hydrogen) atoms. The summed E-state index contributed by atoms with van der Waals surface area (Å²) in [6.45, 7) is -0.411.